The van der Waals surface area contributed by atoms with Crippen LogP contribution in [0.3, 0.4) is 0 Å². The van der Waals surface area contributed by atoms with Crippen molar-refractivity contribution in [2.45, 2.75) is 13.1 Å². The van der Waals surface area contributed by atoms with Crippen LogP contribution in [0.2, 0.25) is 5.02 Å². The smallest absolute Gasteiger partial charge is 0.0484 e. The summed E-state index contributed by atoms with van der Waals surface area (Å²) >= 11 is 6.24. The molecule has 0 amide bonds. The summed E-state index contributed by atoms with van der Waals surface area (Å²) in [6.07, 6.45) is 0. The average Bonchev–Trinajstić information content (AvgIpc) is 2.77. The Morgan fingerprint density at radius 1 is 0.882 bits per heavy atom. The summed E-state index contributed by atoms with van der Waals surface area (Å²) in [5, 5.41) is 4.20. The van der Waals surface area contributed by atoms with Gasteiger partial charge >= 0.3 is 0 Å². The topological polar surface area (TPSA) is 12.0 Å². The molecule has 1 N–H and O–H groups in total. The van der Waals surface area contributed by atoms with Crippen LogP contribution in [-0.4, -0.2) is 0 Å². The molecule has 3 heteroatoms. The van der Waals surface area contributed by atoms with Crippen LogP contribution in [0, 0.1) is 0 Å². The van der Waals surface area contributed by atoms with Gasteiger partial charge in [-0.15, -0.1) is 12.4 Å². The van der Waals surface area contributed by atoms with Crippen LogP contribution in [0.15, 0.2) is 42.5 Å². The predicted octanol–water partition coefficient (Wildman–Crippen LogP) is 4.03. The van der Waals surface area contributed by atoms with Crippen molar-refractivity contribution < 1.29 is 0 Å². The second-order valence-electron chi connectivity index (χ2n) is 4.03. The summed E-state index contributed by atoms with van der Waals surface area (Å²) in [5.41, 5.74) is 5.16. The molecule has 0 saturated carbocycles. The van der Waals surface area contributed by atoms with Crippen LogP contribution < -0.4 is 5.32 Å². The van der Waals surface area contributed by atoms with E-state index in [1.807, 2.05) is 18.2 Å². The fraction of sp³-hybridized carbons (Fsp3) is 0.143. The Morgan fingerprint density at radius 2 is 1.65 bits per heavy atom. The van der Waals surface area contributed by atoms with Gasteiger partial charge in [0.25, 0.3) is 0 Å². The summed E-state index contributed by atoms with van der Waals surface area (Å²) in [7, 11) is 0. The number of halogens is 2. The summed E-state index contributed by atoms with van der Waals surface area (Å²) in [6, 6.07) is 14.4. The molecule has 0 spiro atoms. The van der Waals surface area contributed by atoms with E-state index in [0.717, 1.165) is 23.7 Å². The highest BCUT2D eigenvalue weighted by atomic mass is 35.5. The number of hydrogen-bond donors (Lipinski definition) is 1. The second kappa shape index (κ2) is 5.09. The van der Waals surface area contributed by atoms with Crippen molar-refractivity contribution in [2.24, 2.45) is 0 Å². The van der Waals surface area contributed by atoms with Gasteiger partial charge < -0.3 is 5.32 Å². The van der Waals surface area contributed by atoms with Gasteiger partial charge in [0.15, 0.2) is 0 Å². The van der Waals surface area contributed by atoms with E-state index >= 15 is 0 Å². The molecular weight excluding hydrogens is 253 g/mol. The molecule has 0 aliphatic carbocycles. The maximum atomic E-state index is 6.24. The Hall–Kier alpha value is -1.02. The molecule has 2 aromatic carbocycles. The highest BCUT2D eigenvalue weighted by Crippen LogP contribution is 2.33. The fourth-order valence-corrected chi connectivity index (χ4v) is 2.50. The van der Waals surface area contributed by atoms with Crippen LogP contribution in [0.25, 0.3) is 11.1 Å². The number of fused-ring (bicyclic) bond motifs is 1. The quantitative estimate of drug-likeness (QED) is 0.821. The van der Waals surface area contributed by atoms with Gasteiger partial charge in [-0.3, -0.25) is 0 Å². The molecule has 1 nitrogen and oxygen atoms in total. The van der Waals surface area contributed by atoms with Crippen molar-refractivity contribution >= 4 is 24.0 Å². The lowest BCUT2D eigenvalue weighted by molar-refractivity contribution is 0.765. The SMILES string of the molecule is Cl.Clc1ccccc1-c1cccc2c1CNC2. The summed E-state index contributed by atoms with van der Waals surface area (Å²) < 4.78 is 0. The minimum Gasteiger partial charge on any atom is -0.309 e. The first kappa shape index (κ1) is 12.4. The van der Waals surface area contributed by atoms with Crippen LogP contribution in [-0.2, 0) is 13.1 Å². The molecule has 3 rings (SSSR count). The van der Waals surface area contributed by atoms with Crippen molar-refractivity contribution in [3.63, 3.8) is 0 Å². The first-order valence-corrected chi connectivity index (χ1v) is 5.80. The monoisotopic (exact) mass is 265 g/mol. The van der Waals surface area contributed by atoms with E-state index in [0.29, 0.717) is 0 Å². The Labute approximate surface area is 112 Å². The number of benzene rings is 2. The lowest BCUT2D eigenvalue weighted by Gasteiger charge is -2.09. The molecule has 17 heavy (non-hydrogen) atoms. The zero-order valence-corrected chi connectivity index (χ0v) is 10.8. The van der Waals surface area contributed by atoms with E-state index in [2.05, 4.69) is 29.6 Å². The van der Waals surface area contributed by atoms with Gasteiger partial charge in [-0.2, -0.15) is 0 Å². The van der Waals surface area contributed by atoms with Gasteiger partial charge in [-0.1, -0.05) is 48.0 Å². The zero-order valence-electron chi connectivity index (χ0n) is 9.24. The lowest BCUT2D eigenvalue weighted by atomic mass is 9.97. The van der Waals surface area contributed by atoms with E-state index < -0.39 is 0 Å². The summed E-state index contributed by atoms with van der Waals surface area (Å²) in [5.74, 6) is 0. The molecule has 1 heterocycles. The zero-order chi connectivity index (χ0) is 11.0. The van der Waals surface area contributed by atoms with Crippen LogP contribution in [0.5, 0.6) is 0 Å². The summed E-state index contributed by atoms with van der Waals surface area (Å²) in [4.78, 5) is 0. The van der Waals surface area contributed by atoms with E-state index in [1.54, 1.807) is 0 Å². The number of rotatable bonds is 1. The van der Waals surface area contributed by atoms with Crippen LogP contribution in [0.1, 0.15) is 11.1 Å². The second-order valence-corrected chi connectivity index (χ2v) is 4.43. The molecule has 0 aromatic heterocycles. The Kier molecular flexibility index (Phi) is 3.72. The average molecular weight is 266 g/mol. The van der Waals surface area contributed by atoms with Gasteiger partial charge in [0.2, 0.25) is 0 Å². The van der Waals surface area contributed by atoms with E-state index in [4.69, 9.17) is 11.6 Å². The lowest BCUT2D eigenvalue weighted by Crippen LogP contribution is -2.00. The van der Waals surface area contributed by atoms with Gasteiger partial charge in [-0.25, -0.2) is 0 Å². The van der Waals surface area contributed by atoms with Crippen molar-refractivity contribution in [2.75, 3.05) is 0 Å². The maximum absolute atomic E-state index is 6.24. The Bertz CT molecular complexity index is 537. The highest BCUT2D eigenvalue weighted by molar-refractivity contribution is 6.33. The molecular formula is C14H13Cl2N. The van der Waals surface area contributed by atoms with Crippen LogP contribution in [0.4, 0.5) is 0 Å². The largest absolute Gasteiger partial charge is 0.309 e. The standard InChI is InChI=1S/C14H12ClN.ClH/c15-14-7-2-1-5-12(14)11-6-3-4-10-8-16-9-13(10)11;/h1-7,16H,8-9H2;1H. The summed E-state index contributed by atoms with van der Waals surface area (Å²) in [6.45, 7) is 1.91. The third-order valence-corrected chi connectivity index (χ3v) is 3.38. The molecule has 0 unspecified atom stereocenters. The molecule has 0 fully saturated rings. The predicted molar refractivity (Wildman–Crippen MR) is 74.7 cm³/mol. The van der Waals surface area contributed by atoms with Crippen molar-refractivity contribution in [3.8, 4) is 11.1 Å². The third-order valence-electron chi connectivity index (χ3n) is 3.05. The Morgan fingerprint density at radius 3 is 2.47 bits per heavy atom. The molecule has 0 bridgehead atoms. The number of nitrogens with one attached hydrogen (secondary N) is 1. The third kappa shape index (κ3) is 2.19. The van der Waals surface area contributed by atoms with Crippen molar-refractivity contribution in [3.05, 3.63) is 58.6 Å². The normalized spacial score (nSPS) is 13.0. The minimum atomic E-state index is 0. The number of hydrogen-bond acceptors (Lipinski definition) is 1. The van der Waals surface area contributed by atoms with Gasteiger partial charge in [0.05, 0.1) is 0 Å². The molecule has 0 radical (unpaired) electrons. The molecule has 1 aliphatic rings. The fourth-order valence-electron chi connectivity index (χ4n) is 2.26. The molecule has 1 aliphatic heterocycles. The maximum Gasteiger partial charge on any atom is 0.0484 e. The van der Waals surface area contributed by atoms with E-state index in [-0.39, 0.29) is 12.4 Å². The molecule has 88 valence electrons. The molecule has 2 aromatic rings. The Balaban J connectivity index is 0.00000108. The highest BCUT2D eigenvalue weighted by Gasteiger charge is 2.15. The molecule has 0 atom stereocenters. The first-order valence-electron chi connectivity index (χ1n) is 5.42. The van der Waals surface area contributed by atoms with Crippen molar-refractivity contribution in [1.29, 1.82) is 0 Å². The van der Waals surface area contributed by atoms with Gasteiger partial charge in [0, 0.05) is 23.7 Å². The van der Waals surface area contributed by atoms with Gasteiger partial charge in [0.1, 0.15) is 0 Å². The van der Waals surface area contributed by atoms with Gasteiger partial charge in [-0.05, 0) is 22.8 Å². The van der Waals surface area contributed by atoms with Crippen molar-refractivity contribution in [1.82, 2.24) is 5.32 Å². The minimum absolute atomic E-state index is 0. The van der Waals surface area contributed by atoms with Crippen LogP contribution >= 0.6 is 24.0 Å². The van der Waals surface area contributed by atoms with E-state index in [9.17, 15) is 0 Å². The first-order chi connectivity index (χ1) is 7.86. The van der Waals surface area contributed by atoms with E-state index in [1.165, 1.54) is 16.7 Å². The molecule has 0 saturated heterocycles.